The standard InChI is InChI=1S/C15H24N4O5/c1-5-18(6-2)8-7-17-15(20)12-13(16)10(23-3)9-11(24-4)14(12)19(21)22/h9H,5-8,16H2,1-4H3,(H,17,20). The molecule has 0 heterocycles. The van der Waals surface area contributed by atoms with Gasteiger partial charge in [0.2, 0.25) is 5.75 Å². The zero-order valence-electron chi connectivity index (χ0n) is 14.4. The van der Waals surface area contributed by atoms with Crippen molar-refractivity contribution in [2.45, 2.75) is 13.8 Å². The number of nitrogens with one attached hydrogen (secondary N) is 1. The van der Waals surface area contributed by atoms with Crippen LogP contribution in [-0.4, -0.2) is 56.1 Å². The summed E-state index contributed by atoms with van der Waals surface area (Å²) >= 11 is 0. The number of nitrogens with two attached hydrogens (primary N) is 1. The predicted molar refractivity (Wildman–Crippen MR) is 90.7 cm³/mol. The predicted octanol–water partition coefficient (Wildman–Crippen LogP) is 1.27. The number of methoxy groups -OCH3 is 2. The van der Waals surface area contributed by atoms with Crippen molar-refractivity contribution in [3.8, 4) is 11.5 Å². The molecule has 134 valence electrons. The van der Waals surface area contributed by atoms with Crippen molar-refractivity contribution in [3.05, 3.63) is 21.7 Å². The number of benzene rings is 1. The lowest BCUT2D eigenvalue weighted by molar-refractivity contribution is -0.386. The maximum atomic E-state index is 12.5. The number of likely N-dealkylation sites (N-methyl/N-ethyl adjacent to an activating group) is 1. The quantitative estimate of drug-likeness (QED) is 0.394. The van der Waals surface area contributed by atoms with Crippen LogP contribution in [0, 0.1) is 10.1 Å². The van der Waals surface area contributed by atoms with Gasteiger partial charge in [-0.05, 0) is 13.1 Å². The fourth-order valence-corrected chi connectivity index (χ4v) is 2.33. The summed E-state index contributed by atoms with van der Waals surface area (Å²) in [6.07, 6.45) is 0. The number of carbonyl (C=O) groups excluding carboxylic acids is 1. The van der Waals surface area contributed by atoms with Crippen molar-refractivity contribution in [1.29, 1.82) is 0 Å². The van der Waals surface area contributed by atoms with E-state index in [1.54, 1.807) is 0 Å². The molecule has 24 heavy (non-hydrogen) atoms. The minimum Gasteiger partial charge on any atom is -0.494 e. The van der Waals surface area contributed by atoms with Gasteiger partial charge in [0.1, 0.15) is 11.3 Å². The maximum absolute atomic E-state index is 12.5. The number of rotatable bonds is 9. The van der Waals surface area contributed by atoms with Crippen molar-refractivity contribution < 1.29 is 19.2 Å². The molecule has 0 aliphatic heterocycles. The van der Waals surface area contributed by atoms with E-state index in [2.05, 4.69) is 10.2 Å². The summed E-state index contributed by atoms with van der Waals surface area (Å²) in [5.74, 6) is -0.574. The van der Waals surface area contributed by atoms with Gasteiger partial charge < -0.3 is 25.4 Å². The van der Waals surface area contributed by atoms with Crippen molar-refractivity contribution in [2.75, 3.05) is 46.1 Å². The number of hydrogen-bond acceptors (Lipinski definition) is 7. The number of anilines is 1. The molecule has 0 aliphatic rings. The number of amides is 1. The summed E-state index contributed by atoms with van der Waals surface area (Å²) in [6, 6.07) is 1.29. The molecular formula is C15H24N4O5. The molecule has 1 amide bonds. The molecule has 0 bridgehead atoms. The normalized spacial score (nSPS) is 10.5. The lowest BCUT2D eigenvalue weighted by Gasteiger charge is -2.18. The van der Waals surface area contributed by atoms with Gasteiger partial charge in [-0.15, -0.1) is 0 Å². The Hall–Kier alpha value is -2.55. The smallest absolute Gasteiger partial charge is 0.326 e. The van der Waals surface area contributed by atoms with Gasteiger partial charge in [0, 0.05) is 19.2 Å². The lowest BCUT2D eigenvalue weighted by atomic mass is 10.1. The second-order valence-corrected chi connectivity index (χ2v) is 4.96. The second kappa shape index (κ2) is 8.92. The third-order valence-electron chi connectivity index (χ3n) is 3.72. The van der Waals surface area contributed by atoms with Gasteiger partial charge in [-0.1, -0.05) is 13.8 Å². The largest absolute Gasteiger partial charge is 0.494 e. The molecule has 0 saturated heterocycles. The molecule has 0 fully saturated rings. The number of nitrogens with zero attached hydrogens (tertiary/aromatic N) is 2. The Bertz CT molecular complexity index is 602. The maximum Gasteiger partial charge on any atom is 0.326 e. The third-order valence-corrected chi connectivity index (χ3v) is 3.72. The Labute approximate surface area is 140 Å². The molecule has 0 saturated carbocycles. The van der Waals surface area contributed by atoms with Crippen LogP contribution in [0.1, 0.15) is 24.2 Å². The van der Waals surface area contributed by atoms with E-state index < -0.39 is 16.5 Å². The Kier molecular flexibility index (Phi) is 7.25. The monoisotopic (exact) mass is 340 g/mol. The Morgan fingerprint density at radius 1 is 1.29 bits per heavy atom. The molecule has 0 aromatic heterocycles. The highest BCUT2D eigenvalue weighted by molar-refractivity contribution is 6.05. The molecule has 3 N–H and O–H groups in total. The summed E-state index contributed by atoms with van der Waals surface area (Å²) in [5.41, 5.74) is 5.06. The summed E-state index contributed by atoms with van der Waals surface area (Å²) in [7, 11) is 2.64. The minimum atomic E-state index is -0.687. The number of nitrogen functional groups attached to an aromatic ring is 1. The van der Waals surface area contributed by atoms with Gasteiger partial charge >= 0.3 is 5.69 Å². The van der Waals surface area contributed by atoms with Crippen LogP contribution < -0.4 is 20.5 Å². The number of hydrogen-bond donors (Lipinski definition) is 2. The van der Waals surface area contributed by atoms with Gasteiger partial charge in [0.25, 0.3) is 5.91 Å². The SMILES string of the molecule is CCN(CC)CCNC(=O)c1c(N)c(OC)cc(OC)c1[N+](=O)[O-]. The highest BCUT2D eigenvalue weighted by Gasteiger charge is 2.31. The Balaban J connectivity index is 3.15. The van der Waals surface area contributed by atoms with Gasteiger partial charge in [0.05, 0.1) is 24.8 Å². The zero-order chi connectivity index (χ0) is 18.3. The highest BCUT2D eigenvalue weighted by atomic mass is 16.6. The first-order valence-corrected chi connectivity index (χ1v) is 7.60. The second-order valence-electron chi connectivity index (χ2n) is 4.96. The average molecular weight is 340 g/mol. The molecule has 9 heteroatoms. The van der Waals surface area contributed by atoms with E-state index in [0.717, 1.165) is 13.1 Å². The van der Waals surface area contributed by atoms with E-state index in [9.17, 15) is 14.9 Å². The van der Waals surface area contributed by atoms with Crippen molar-refractivity contribution in [2.24, 2.45) is 0 Å². The van der Waals surface area contributed by atoms with E-state index in [-0.39, 0.29) is 22.7 Å². The topological polar surface area (TPSA) is 120 Å². The molecular weight excluding hydrogens is 316 g/mol. The summed E-state index contributed by atoms with van der Waals surface area (Å²) in [6.45, 7) is 6.70. The average Bonchev–Trinajstić information content (AvgIpc) is 2.57. The Morgan fingerprint density at radius 2 is 1.88 bits per heavy atom. The first kappa shape index (κ1) is 19.5. The fraction of sp³-hybridized carbons (Fsp3) is 0.533. The van der Waals surface area contributed by atoms with Gasteiger partial charge in [-0.3, -0.25) is 14.9 Å². The molecule has 0 unspecified atom stereocenters. The van der Waals surface area contributed by atoms with Crippen molar-refractivity contribution in [1.82, 2.24) is 10.2 Å². The van der Waals surface area contributed by atoms with Crippen LogP contribution in [-0.2, 0) is 0 Å². The molecule has 0 atom stereocenters. The van der Waals surface area contributed by atoms with Crippen LogP contribution in [0.5, 0.6) is 11.5 Å². The van der Waals surface area contributed by atoms with E-state index >= 15 is 0 Å². The van der Waals surface area contributed by atoms with E-state index in [1.807, 2.05) is 13.8 Å². The first-order chi connectivity index (χ1) is 11.4. The third kappa shape index (κ3) is 4.25. The molecule has 0 radical (unpaired) electrons. The summed E-state index contributed by atoms with van der Waals surface area (Å²) < 4.78 is 10.1. The van der Waals surface area contributed by atoms with Crippen LogP contribution in [0.25, 0.3) is 0 Å². The van der Waals surface area contributed by atoms with Crippen LogP contribution in [0.4, 0.5) is 11.4 Å². The Morgan fingerprint density at radius 3 is 2.33 bits per heavy atom. The van der Waals surface area contributed by atoms with Crippen LogP contribution in [0.3, 0.4) is 0 Å². The number of nitro groups is 1. The molecule has 0 spiro atoms. The van der Waals surface area contributed by atoms with Crippen LogP contribution in [0.2, 0.25) is 0 Å². The number of carbonyl (C=O) groups is 1. The summed E-state index contributed by atoms with van der Waals surface area (Å²) in [5, 5.41) is 14.0. The number of nitro benzene ring substituents is 1. The van der Waals surface area contributed by atoms with Gasteiger partial charge in [-0.25, -0.2) is 0 Å². The minimum absolute atomic E-state index is 0.0834. The molecule has 1 rings (SSSR count). The number of ether oxygens (including phenoxy) is 2. The first-order valence-electron chi connectivity index (χ1n) is 7.60. The highest BCUT2D eigenvalue weighted by Crippen LogP contribution is 2.40. The van der Waals surface area contributed by atoms with Gasteiger partial charge in [-0.2, -0.15) is 0 Å². The fourth-order valence-electron chi connectivity index (χ4n) is 2.33. The molecule has 1 aromatic rings. The van der Waals surface area contributed by atoms with E-state index in [1.165, 1.54) is 20.3 Å². The zero-order valence-corrected chi connectivity index (χ0v) is 14.4. The van der Waals surface area contributed by atoms with Crippen molar-refractivity contribution >= 4 is 17.3 Å². The van der Waals surface area contributed by atoms with E-state index in [0.29, 0.717) is 13.1 Å². The molecule has 0 aliphatic carbocycles. The molecule has 9 nitrogen and oxygen atoms in total. The van der Waals surface area contributed by atoms with Crippen LogP contribution >= 0.6 is 0 Å². The molecule has 1 aromatic carbocycles. The summed E-state index contributed by atoms with van der Waals surface area (Å²) in [4.78, 5) is 25.3. The van der Waals surface area contributed by atoms with Crippen LogP contribution in [0.15, 0.2) is 6.07 Å². The van der Waals surface area contributed by atoms with E-state index in [4.69, 9.17) is 15.2 Å². The lowest BCUT2D eigenvalue weighted by Crippen LogP contribution is -2.35. The van der Waals surface area contributed by atoms with Gasteiger partial charge in [0.15, 0.2) is 0 Å². The van der Waals surface area contributed by atoms with Crippen molar-refractivity contribution in [3.63, 3.8) is 0 Å².